The summed E-state index contributed by atoms with van der Waals surface area (Å²) in [6.07, 6.45) is 4.57. The summed E-state index contributed by atoms with van der Waals surface area (Å²) < 4.78 is 11.8. The van der Waals surface area contributed by atoms with Gasteiger partial charge in [-0.15, -0.1) is 0 Å². The highest BCUT2D eigenvalue weighted by atomic mass is 16.7. The summed E-state index contributed by atoms with van der Waals surface area (Å²) in [7, 11) is 0. The Morgan fingerprint density at radius 2 is 1.75 bits per heavy atom. The number of hydrogen-bond donors (Lipinski definition) is 0. The fourth-order valence-electron chi connectivity index (χ4n) is 4.10. The SMILES string of the molecule is C[C@@]12CCC3(OCCO3)[C@@]1(C)CCCC2=O. The van der Waals surface area contributed by atoms with Crippen molar-refractivity contribution in [3.63, 3.8) is 0 Å². The van der Waals surface area contributed by atoms with Gasteiger partial charge >= 0.3 is 0 Å². The van der Waals surface area contributed by atoms with Gasteiger partial charge in [-0.05, 0) is 19.3 Å². The minimum Gasteiger partial charge on any atom is -0.347 e. The topological polar surface area (TPSA) is 35.5 Å². The Kier molecular flexibility index (Phi) is 2.06. The van der Waals surface area contributed by atoms with Gasteiger partial charge in [0.15, 0.2) is 5.79 Å². The fourth-order valence-corrected chi connectivity index (χ4v) is 4.10. The number of ketones is 1. The molecule has 3 fully saturated rings. The third-order valence-corrected chi connectivity index (χ3v) is 5.46. The number of fused-ring (bicyclic) bond motifs is 2. The molecular formula is C13H20O3. The van der Waals surface area contributed by atoms with Crippen LogP contribution >= 0.6 is 0 Å². The monoisotopic (exact) mass is 224 g/mol. The van der Waals surface area contributed by atoms with E-state index in [4.69, 9.17) is 9.47 Å². The quantitative estimate of drug-likeness (QED) is 0.633. The molecule has 3 heteroatoms. The van der Waals surface area contributed by atoms with Crippen LogP contribution in [-0.4, -0.2) is 24.8 Å². The summed E-state index contributed by atoms with van der Waals surface area (Å²) in [5, 5.41) is 0. The highest BCUT2D eigenvalue weighted by Crippen LogP contribution is 2.65. The first-order valence-corrected chi connectivity index (χ1v) is 6.35. The molecule has 0 N–H and O–H groups in total. The van der Waals surface area contributed by atoms with Gasteiger partial charge < -0.3 is 9.47 Å². The predicted molar refractivity (Wildman–Crippen MR) is 58.9 cm³/mol. The van der Waals surface area contributed by atoms with E-state index in [1.807, 2.05) is 0 Å². The third kappa shape index (κ3) is 0.992. The van der Waals surface area contributed by atoms with E-state index in [0.717, 1.165) is 32.1 Å². The molecule has 1 saturated heterocycles. The maximum Gasteiger partial charge on any atom is 0.174 e. The molecule has 1 aliphatic heterocycles. The minimum atomic E-state index is -0.460. The normalized spacial score (nSPS) is 46.2. The summed E-state index contributed by atoms with van der Waals surface area (Å²) in [4.78, 5) is 12.2. The molecule has 2 aliphatic carbocycles. The molecule has 0 amide bonds. The summed E-state index contributed by atoms with van der Waals surface area (Å²) in [5.74, 6) is -0.0464. The van der Waals surface area contributed by atoms with Crippen LogP contribution in [-0.2, 0) is 14.3 Å². The van der Waals surface area contributed by atoms with Crippen LogP contribution in [0, 0.1) is 10.8 Å². The largest absolute Gasteiger partial charge is 0.347 e. The molecule has 1 heterocycles. The van der Waals surface area contributed by atoms with Crippen molar-refractivity contribution < 1.29 is 14.3 Å². The molecule has 2 saturated carbocycles. The van der Waals surface area contributed by atoms with Crippen LogP contribution in [0.4, 0.5) is 0 Å². The van der Waals surface area contributed by atoms with Gasteiger partial charge in [-0.3, -0.25) is 4.79 Å². The maximum absolute atomic E-state index is 12.2. The molecule has 16 heavy (non-hydrogen) atoms. The van der Waals surface area contributed by atoms with Crippen LogP contribution in [0.15, 0.2) is 0 Å². The third-order valence-electron chi connectivity index (χ3n) is 5.46. The number of hydrogen-bond acceptors (Lipinski definition) is 3. The van der Waals surface area contributed by atoms with E-state index in [-0.39, 0.29) is 10.8 Å². The van der Waals surface area contributed by atoms with E-state index in [1.54, 1.807) is 0 Å². The lowest BCUT2D eigenvalue weighted by Crippen LogP contribution is -2.54. The second-order valence-electron chi connectivity index (χ2n) is 5.89. The first kappa shape index (κ1) is 10.7. The van der Waals surface area contributed by atoms with Crippen LogP contribution in [0.1, 0.15) is 46.0 Å². The lowest BCUT2D eigenvalue weighted by molar-refractivity contribution is -0.240. The molecule has 0 radical (unpaired) electrons. The van der Waals surface area contributed by atoms with Gasteiger partial charge in [0.25, 0.3) is 0 Å². The fraction of sp³-hybridized carbons (Fsp3) is 0.923. The van der Waals surface area contributed by atoms with E-state index in [0.29, 0.717) is 19.0 Å². The van der Waals surface area contributed by atoms with Gasteiger partial charge in [0, 0.05) is 23.7 Å². The summed E-state index contributed by atoms with van der Waals surface area (Å²) in [6.45, 7) is 5.68. The Morgan fingerprint density at radius 1 is 1.06 bits per heavy atom. The Morgan fingerprint density at radius 3 is 2.44 bits per heavy atom. The van der Waals surface area contributed by atoms with Crippen molar-refractivity contribution in [1.29, 1.82) is 0 Å². The number of Topliss-reactive ketones (excluding diaryl/α,β-unsaturated/α-hetero) is 1. The van der Waals surface area contributed by atoms with E-state index in [2.05, 4.69) is 13.8 Å². The van der Waals surface area contributed by atoms with Crippen molar-refractivity contribution in [3.8, 4) is 0 Å². The summed E-state index contributed by atoms with van der Waals surface area (Å²) in [6, 6.07) is 0. The zero-order valence-electron chi connectivity index (χ0n) is 10.2. The van der Waals surface area contributed by atoms with Gasteiger partial charge in [-0.2, -0.15) is 0 Å². The first-order valence-electron chi connectivity index (χ1n) is 6.35. The molecule has 3 aliphatic rings. The van der Waals surface area contributed by atoms with Crippen molar-refractivity contribution in [2.75, 3.05) is 13.2 Å². The second-order valence-corrected chi connectivity index (χ2v) is 5.89. The van der Waals surface area contributed by atoms with Crippen LogP contribution in [0.2, 0.25) is 0 Å². The van der Waals surface area contributed by atoms with E-state index < -0.39 is 5.79 Å². The number of carbonyl (C=O) groups is 1. The molecule has 2 atom stereocenters. The number of ether oxygens (including phenoxy) is 2. The Labute approximate surface area is 96.5 Å². The average molecular weight is 224 g/mol. The zero-order valence-corrected chi connectivity index (χ0v) is 10.2. The van der Waals surface area contributed by atoms with Crippen molar-refractivity contribution in [2.24, 2.45) is 10.8 Å². The first-order chi connectivity index (χ1) is 7.54. The smallest absolute Gasteiger partial charge is 0.174 e. The van der Waals surface area contributed by atoms with Crippen LogP contribution in [0.5, 0.6) is 0 Å². The maximum atomic E-state index is 12.2. The standard InChI is InChI=1S/C13H20O3/c1-11-6-7-13(15-8-9-16-13)12(11,2)5-3-4-10(11)14/h3-9H2,1-2H3/t11-,12-/m0/s1. The van der Waals surface area contributed by atoms with E-state index in [9.17, 15) is 4.79 Å². The van der Waals surface area contributed by atoms with Gasteiger partial charge in [0.1, 0.15) is 5.78 Å². The molecule has 0 aromatic heterocycles. The average Bonchev–Trinajstić information content (AvgIpc) is 2.81. The Hall–Kier alpha value is -0.410. The van der Waals surface area contributed by atoms with Crippen LogP contribution in [0.25, 0.3) is 0 Å². The van der Waals surface area contributed by atoms with Crippen molar-refractivity contribution in [2.45, 2.75) is 51.7 Å². The highest BCUT2D eigenvalue weighted by molar-refractivity contribution is 5.86. The summed E-state index contributed by atoms with van der Waals surface area (Å²) >= 11 is 0. The highest BCUT2D eigenvalue weighted by Gasteiger charge is 2.69. The molecular weight excluding hydrogens is 204 g/mol. The van der Waals surface area contributed by atoms with E-state index >= 15 is 0 Å². The van der Waals surface area contributed by atoms with Gasteiger partial charge in [0.2, 0.25) is 0 Å². The molecule has 3 rings (SSSR count). The van der Waals surface area contributed by atoms with Gasteiger partial charge in [0.05, 0.1) is 13.2 Å². The van der Waals surface area contributed by atoms with Gasteiger partial charge in [-0.1, -0.05) is 13.8 Å². The lowest BCUT2D eigenvalue weighted by Gasteiger charge is -2.49. The number of carbonyl (C=O) groups excluding carboxylic acids is 1. The Balaban J connectivity index is 2.06. The van der Waals surface area contributed by atoms with Crippen LogP contribution in [0.3, 0.4) is 0 Å². The predicted octanol–water partition coefficient (Wildman–Crippen LogP) is 2.29. The van der Waals surface area contributed by atoms with Crippen molar-refractivity contribution >= 4 is 5.78 Å². The minimum absolute atomic E-state index is 0.119. The molecule has 1 spiro atoms. The molecule has 90 valence electrons. The molecule has 3 nitrogen and oxygen atoms in total. The zero-order chi connectivity index (χ0) is 11.4. The molecule has 0 aromatic rings. The molecule has 0 aromatic carbocycles. The number of rotatable bonds is 0. The lowest BCUT2D eigenvalue weighted by atomic mass is 9.57. The van der Waals surface area contributed by atoms with Crippen LogP contribution < -0.4 is 0 Å². The van der Waals surface area contributed by atoms with Crippen molar-refractivity contribution in [3.05, 3.63) is 0 Å². The van der Waals surface area contributed by atoms with Gasteiger partial charge in [-0.25, -0.2) is 0 Å². The Bertz CT molecular complexity index is 332. The molecule has 0 unspecified atom stereocenters. The second kappa shape index (κ2) is 3.08. The van der Waals surface area contributed by atoms with E-state index in [1.165, 1.54) is 0 Å². The van der Waals surface area contributed by atoms with Crippen molar-refractivity contribution in [1.82, 2.24) is 0 Å². The summed E-state index contributed by atoms with van der Waals surface area (Å²) in [5.41, 5.74) is -0.346. The molecule has 0 bridgehead atoms.